The van der Waals surface area contributed by atoms with Crippen molar-refractivity contribution >= 4 is 22.9 Å². The molecule has 0 aliphatic heterocycles. The zero-order valence-electron chi connectivity index (χ0n) is 10.0. The van der Waals surface area contributed by atoms with Crippen molar-refractivity contribution in [1.82, 2.24) is 4.57 Å². The van der Waals surface area contributed by atoms with Crippen molar-refractivity contribution in [3.05, 3.63) is 42.1 Å². The van der Waals surface area contributed by atoms with Gasteiger partial charge in [0.2, 0.25) is 0 Å². The van der Waals surface area contributed by atoms with Gasteiger partial charge < -0.3 is 9.30 Å². The molecule has 0 fully saturated rings. The van der Waals surface area contributed by atoms with Crippen LogP contribution in [0.5, 0.6) is 0 Å². The smallest absolute Gasteiger partial charge is 0.330 e. The minimum atomic E-state index is -0.306. The van der Waals surface area contributed by atoms with Gasteiger partial charge in [0.1, 0.15) is 0 Å². The molecular weight excluding hydrogens is 214 g/mol. The predicted molar refractivity (Wildman–Crippen MR) is 68.6 cm³/mol. The van der Waals surface area contributed by atoms with Gasteiger partial charge in [-0.2, -0.15) is 0 Å². The highest BCUT2D eigenvalue weighted by Gasteiger charge is 1.99. The number of nitrogens with zero attached hydrogens (tertiary/aromatic N) is 1. The number of aryl methyl sites for hydroxylation is 1. The van der Waals surface area contributed by atoms with Gasteiger partial charge in [-0.25, -0.2) is 4.79 Å². The molecule has 17 heavy (non-hydrogen) atoms. The maximum absolute atomic E-state index is 11.2. The van der Waals surface area contributed by atoms with Crippen molar-refractivity contribution in [1.29, 1.82) is 0 Å². The van der Waals surface area contributed by atoms with E-state index in [1.165, 1.54) is 11.5 Å². The van der Waals surface area contributed by atoms with Crippen LogP contribution in [0.3, 0.4) is 0 Å². The molecule has 1 aromatic carbocycles. The first-order valence-corrected chi connectivity index (χ1v) is 5.60. The van der Waals surface area contributed by atoms with E-state index in [1.807, 2.05) is 31.4 Å². The molecule has 0 atom stereocenters. The molecule has 0 amide bonds. The van der Waals surface area contributed by atoms with Gasteiger partial charge in [-0.1, -0.05) is 12.1 Å². The van der Waals surface area contributed by atoms with Crippen LogP contribution in [0, 0.1) is 0 Å². The number of rotatable bonds is 3. The monoisotopic (exact) mass is 229 g/mol. The van der Waals surface area contributed by atoms with Gasteiger partial charge in [0.25, 0.3) is 0 Å². The summed E-state index contributed by atoms with van der Waals surface area (Å²) in [6.45, 7) is 2.20. The fraction of sp³-hybridized carbons (Fsp3) is 0.214. The second-order valence-electron chi connectivity index (χ2n) is 3.83. The standard InChI is InChI=1S/C14H15NO2/c1-3-17-14(16)7-5-11-4-6-12-8-9-15(2)13(12)10-11/h4-10H,3H2,1-2H3/b7-5+. The molecule has 1 heterocycles. The largest absolute Gasteiger partial charge is 0.463 e. The Morgan fingerprint density at radius 2 is 2.24 bits per heavy atom. The Bertz CT molecular complexity index is 567. The van der Waals surface area contributed by atoms with E-state index in [4.69, 9.17) is 4.74 Å². The summed E-state index contributed by atoms with van der Waals surface area (Å²) in [4.78, 5) is 11.2. The third-order valence-corrected chi connectivity index (χ3v) is 2.61. The average Bonchev–Trinajstić information content (AvgIpc) is 2.69. The molecule has 0 unspecified atom stereocenters. The number of esters is 1. The number of hydrogen-bond donors (Lipinski definition) is 0. The van der Waals surface area contributed by atoms with E-state index in [0.717, 1.165) is 11.1 Å². The molecule has 88 valence electrons. The number of fused-ring (bicyclic) bond motifs is 1. The average molecular weight is 229 g/mol. The Kier molecular flexibility index (Phi) is 3.28. The number of carbonyl (C=O) groups excluding carboxylic acids is 1. The van der Waals surface area contributed by atoms with Gasteiger partial charge in [0, 0.05) is 24.8 Å². The minimum Gasteiger partial charge on any atom is -0.463 e. The van der Waals surface area contributed by atoms with Crippen LogP contribution in [0.25, 0.3) is 17.0 Å². The van der Waals surface area contributed by atoms with Crippen molar-refractivity contribution < 1.29 is 9.53 Å². The van der Waals surface area contributed by atoms with E-state index in [0.29, 0.717) is 6.61 Å². The van der Waals surface area contributed by atoms with E-state index in [-0.39, 0.29) is 5.97 Å². The SMILES string of the molecule is CCOC(=O)/C=C/c1ccc2ccn(C)c2c1. The Morgan fingerprint density at radius 3 is 3.00 bits per heavy atom. The molecule has 0 aliphatic carbocycles. The quantitative estimate of drug-likeness (QED) is 0.598. The summed E-state index contributed by atoms with van der Waals surface area (Å²) in [7, 11) is 2.00. The fourth-order valence-electron chi connectivity index (χ4n) is 1.74. The number of carbonyl (C=O) groups is 1. The number of hydrogen-bond acceptors (Lipinski definition) is 2. The molecule has 0 N–H and O–H groups in total. The zero-order chi connectivity index (χ0) is 12.3. The zero-order valence-corrected chi connectivity index (χ0v) is 10.0. The lowest BCUT2D eigenvalue weighted by Crippen LogP contribution is -1.98. The molecule has 0 aliphatic rings. The fourth-order valence-corrected chi connectivity index (χ4v) is 1.74. The van der Waals surface area contributed by atoms with Crippen LogP contribution in [-0.4, -0.2) is 17.1 Å². The van der Waals surface area contributed by atoms with Gasteiger partial charge in [-0.3, -0.25) is 0 Å². The first-order chi connectivity index (χ1) is 8.20. The van der Waals surface area contributed by atoms with E-state index < -0.39 is 0 Å². The molecule has 0 saturated carbocycles. The van der Waals surface area contributed by atoms with Crippen LogP contribution in [0.15, 0.2) is 36.5 Å². The van der Waals surface area contributed by atoms with Gasteiger partial charge in [0.05, 0.1) is 6.61 Å². The summed E-state index contributed by atoms with van der Waals surface area (Å²) < 4.78 is 6.88. The second kappa shape index (κ2) is 4.87. The summed E-state index contributed by atoms with van der Waals surface area (Å²) in [6.07, 6.45) is 5.24. The number of benzene rings is 1. The lowest BCUT2D eigenvalue weighted by atomic mass is 10.1. The van der Waals surface area contributed by atoms with E-state index in [1.54, 1.807) is 13.0 Å². The maximum Gasteiger partial charge on any atom is 0.330 e. The van der Waals surface area contributed by atoms with Crippen molar-refractivity contribution in [2.24, 2.45) is 7.05 Å². The van der Waals surface area contributed by atoms with Gasteiger partial charge in [0.15, 0.2) is 0 Å². The molecule has 0 bridgehead atoms. The minimum absolute atomic E-state index is 0.306. The molecule has 1 aromatic heterocycles. The highest BCUT2D eigenvalue weighted by atomic mass is 16.5. The van der Waals surface area contributed by atoms with E-state index in [2.05, 4.69) is 10.6 Å². The van der Waals surface area contributed by atoms with Crippen LogP contribution in [0.1, 0.15) is 12.5 Å². The van der Waals surface area contributed by atoms with Crippen LogP contribution in [-0.2, 0) is 16.6 Å². The topological polar surface area (TPSA) is 31.2 Å². The van der Waals surface area contributed by atoms with E-state index >= 15 is 0 Å². The summed E-state index contributed by atoms with van der Waals surface area (Å²) in [5.74, 6) is -0.306. The lowest BCUT2D eigenvalue weighted by Gasteiger charge is -1.99. The second-order valence-corrected chi connectivity index (χ2v) is 3.83. The highest BCUT2D eigenvalue weighted by Crippen LogP contribution is 2.17. The Balaban J connectivity index is 2.24. The van der Waals surface area contributed by atoms with Crippen LogP contribution in [0.4, 0.5) is 0 Å². The molecular formula is C14H15NO2. The first kappa shape index (κ1) is 11.5. The van der Waals surface area contributed by atoms with Crippen molar-refractivity contribution in [3.8, 4) is 0 Å². The van der Waals surface area contributed by atoms with Crippen LogP contribution in [0.2, 0.25) is 0 Å². The highest BCUT2D eigenvalue weighted by molar-refractivity contribution is 5.89. The van der Waals surface area contributed by atoms with Crippen molar-refractivity contribution in [2.75, 3.05) is 6.61 Å². The predicted octanol–water partition coefficient (Wildman–Crippen LogP) is 2.75. The molecule has 3 nitrogen and oxygen atoms in total. The number of ether oxygens (including phenoxy) is 1. The van der Waals surface area contributed by atoms with Crippen molar-refractivity contribution in [3.63, 3.8) is 0 Å². The van der Waals surface area contributed by atoms with Gasteiger partial charge in [-0.05, 0) is 36.1 Å². The Morgan fingerprint density at radius 1 is 1.41 bits per heavy atom. The Labute approximate surface area is 100 Å². The van der Waals surface area contributed by atoms with Gasteiger partial charge >= 0.3 is 5.97 Å². The van der Waals surface area contributed by atoms with Gasteiger partial charge in [-0.15, -0.1) is 0 Å². The van der Waals surface area contributed by atoms with Crippen molar-refractivity contribution in [2.45, 2.75) is 6.92 Å². The molecule has 3 heteroatoms. The third-order valence-electron chi connectivity index (χ3n) is 2.61. The lowest BCUT2D eigenvalue weighted by molar-refractivity contribution is -0.137. The summed E-state index contributed by atoms with van der Waals surface area (Å²) >= 11 is 0. The molecule has 0 saturated heterocycles. The molecule has 2 aromatic rings. The molecule has 0 radical (unpaired) electrons. The van der Waals surface area contributed by atoms with Crippen LogP contribution >= 0.6 is 0 Å². The Hall–Kier alpha value is -2.03. The molecule has 0 spiro atoms. The third kappa shape index (κ3) is 2.56. The number of aromatic nitrogens is 1. The summed E-state index contributed by atoms with van der Waals surface area (Å²) in [6, 6.07) is 8.14. The maximum atomic E-state index is 11.2. The summed E-state index contributed by atoms with van der Waals surface area (Å²) in [5.41, 5.74) is 2.14. The normalized spacial score (nSPS) is 11.2. The van der Waals surface area contributed by atoms with Crippen LogP contribution < -0.4 is 0 Å². The molecule has 2 rings (SSSR count). The van der Waals surface area contributed by atoms with E-state index in [9.17, 15) is 4.79 Å². The summed E-state index contributed by atoms with van der Waals surface area (Å²) in [5, 5.41) is 1.20. The first-order valence-electron chi connectivity index (χ1n) is 5.60.